The van der Waals surface area contributed by atoms with E-state index in [-0.39, 0.29) is 42.8 Å². The first-order valence-electron chi connectivity index (χ1n) is 20.8. The molecule has 2 aliphatic heterocycles. The van der Waals surface area contributed by atoms with Crippen molar-refractivity contribution in [1.82, 2.24) is 25.5 Å². The van der Waals surface area contributed by atoms with Crippen molar-refractivity contribution in [1.29, 1.82) is 5.26 Å². The lowest BCUT2D eigenvalue weighted by Crippen LogP contribution is -2.58. The minimum Gasteiger partial charge on any atom is -0.475 e. The Labute approximate surface area is 392 Å². The molecule has 4 N–H and O–H groups in total. The Bertz CT molecular complexity index is 2650. The normalized spacial score (nSPS) is 16.5. The van der Waals surface area contributed by atoms with Crippen LogP contribution in [0.2, 0.25) is 0 Å². The van der Waals surface area contributed by atoms with Gasteiger partial charge in [0.15, 0.2) is 10.9 Å². The smallest absolute Gasteiger partial charge is 0.420 e. The molecule has 0 spiro atoms. The molecule has 2 aromatic carbocycles. The van der Waals surface area contributed by atoms with E-state index in [0.29, 0.717) is 24.3 Å². The van der Waals surface area contributed by atoms with E-state index in [4.69, 9.17) is 27.4 Å². The van der Waals surface area contributed by atoms with Crippen LogP contribution < -0.4 is 30.9 Å². The number of nitrogens with two attached hydrogens (primary N) is 1. The molecule has 16 nitrogen and oxygen atoms in total. The average molecular weight is 966 g/mol. The maximum atomic E-state index is 15.5. The lowest BCUT2D eigenvalue weighted by Gasteiger charge is -2.35. The summed E-state index contributed by atoms with van der Waals surface area (Å²) in [5.74, 6) is -5.42. The summed E-state index contributed by atoms with van der Waals surface area (Å²) in [6.45, 7) is 9.71. The summed E-state index contributed by atoms with van der Waals surface area (Å²) in [7, 11) is 0. The van der Waals surface area contributed by atoms with Crippen LogP contribution >= 0.6 is 23.6 Å². The molecule has 4 heterocycles. The number of nitrogens with zero attached hydrogens (tertiary/aromatic N) is 6. The van der Waals surface area contributed by atoms with Crippen molar-refractivity contribution in [3.63, 3.8) is 0 Å². The summed E-state index contributed by atoms with van der Waals surface area (Å²) in [6.07, 6.45) is -3.05. The van der Waals surface area contributed by atoms with E-state index < -0.39 is 87.2 Å². The van der Waals surface area contributed by atoms with Gasteiger partial charge in [-0.15, -0.1) is 11.3 Å². The molecular weight excluding hydrogens is 919 g/mol. The second-order valence-electron chi connectivity index (χ2n) is 17.3. The van der Waals surface area contributed by atoms with Gasteiger partial charge in [-0.1, -0.05) is 45.0 Å². The zero-order chi connectivity index (χ0) is 49.2. The third kappa shape index (κ3) is 10.5. The number of hydrogen-bond donors (Lipinski definition) is 3. The number of thiazole rings is 1. The van der Waals surface area contributed by atoms with E-state index in [1.54, 1.807) is 37.6 Å². The number of carbonyl (C=O) groups is 5. The van der Waals surface area contributed by atoms with Crippen LogP contribution in [0.15, 0.2) is 54.2 Å². The number of ether oxygens (including phenoxy) is 2. The lowest BCUT2D eigenvalue weighted by molar-refractivity contribution is -0.144. The number of anilines is 2. The van der Waals surface area contributed by atoms with E-state index >= 15 is 4.39 Å². The number of alkyl halides is 3. The Kier molecular flexibility index (Phi) is 14.7. The van der Waals surface area contributed by atoms with Gasteiger partial charge in [-0.25, -0.2) is 14.4 Å². The van der Waals surface area contributed by atoms with Crippen molar-refractivity contribution in [2.45, 2.75) is 84.7 Å². The third-order valence-electron chi connectivity index (χ3n) is 11.2. The number of nitriles is 1. The van der Waals surface area contributed by atoms with Gasteiger partial charge < -0.3 is 35.6 Å². The standard InChI is InChI=1S/C45H47F4N9O7S2/c1-24-35(67-23-54-24)26-11-9-25(10-12-26)20-52-38(61)31-8-7-15-56(31)40(62)36(43(2,3)4)55-32(59)22-64-16-17-65-39-29(37(51)60)18-28(21-53-39)58-42(66)57(41(63)44(58,5)6)30-14-13-27(19-50)33(34(30)46)45(47,48)49/h9-14,18,21,23,31,36H,7-8,15-17,20,22H2,1-6H3,(H2,51,60)(H,52,61)(H,55,59)/t31?,36-/m1/s1. The molecule has 22 heteroatoms. The van der Waals surface area contributed by atoms with Gasteiger partial charge in [0, 0.05) is 13.1 Å². The topological polar surface area (TPSA) is 213 Å². The van der Waals surface area contributed by atoms with Crippen molar-refractivity contribution < 1.29 is 51.0 Å². The number of amides is 5. The van der Waals surface area contributed by atoms with Crippen LogP contribution in [0.1, 0.15) is 80.2 Å². The predicted octanol–water partition coefficient (Wildman–Crippen LogP) is 5.79. The molecule has 0 saturated carbocycles. The number of aryl methyl sites for hydroxylation is 1. The first kappa shape index (κ1) is 49.9. The minimum absolute atomic E-state index is 0.0157. The van der Waals surface area contributed by atoms with E-state index in [2.05, 4.69) is 20.6 Å². The highest BCUT2D eigenvalue weighted by Gasteiger charge is 2.52. The average Bonchev–Trinajstić information content (AvgIpc) is 3.97. The number of benzene rings is 2. The van der Waals surface area contributed by atoms with Crippen molar-refractivity contribution in [2.75, 3.05) is 36.2 Å². The number of aromatic nitrogens is 2. The molecule has 0 aliphatic carbocycles. The van der Waals surface area contributed by atoms with Crippen LogP contribution in [-0.4, -0.2) is 93.5 Å². The van der Waals surface area contributed by atoms with Gasteiger partial charge >= 0.3 is 6.18 Å². The van der Waals surface area contributed by atoms with Crippen molar-refractivity contribution in [3.05, 3.63) is 87.9 Å². The summed E-state index contributed by atoms with van der Waals surface area (Å²) in [5.41, 5.74) is 3.88. The number of primary amides is 1. The Hall–Kier alpha value is -6.57. The van der Waals surface area contributed by atoms with E-state index in [1.165, 1.54) is 30.9 Å². The maximum absolute atomic E-state index is 15.5. The van der Waals surface area contributed by atoms with Gasteiger partial charge in [-0.05, 0) is 80.6 Å². The molecular formula is C45H47F4N9O7S2. The number of nitrogens with one attached hydrogen (secondary N) is 2. The first-order chi connectivity index (χ1) is 31.5. The molecule has 0 bridgehead atoms. The summed E-state index contributed by atoms with van der Waals surface area (Å²) >= 11 is 7.02. The Morgan fingerprint density at radius 1 is 1.09 bits per heavy atom. The second kappa shape index (κ2) is 19.7. The van der Waals surface area contributed by atoms with Crippen LogP contribution in [0.5, 0.6) is 5.88 Å². The summed E-state index contributed by atoms with van der Waals surface area (Å²) in [6, 6.07) is 10.1. The molecule has 67 heavy (non-hydrogen) atoms. The van der Waals surface area contributed by atoms with Crippen LogP contribution in [0.4, 0.5) is 28.9 Å². The summed E-state index contributed by atoms with van der Waals surface area (Å²) in [4.78, 5) is 79.5. The number of hydrogen-bond acceptors (Lipinski definition) is 12. The molecule has 6 rings (SSSR count). The van der Waals surface area contributed by atoms with Crippen molar-refractivity contribution in [2.24, 2.45) is 11.1 Å². The minimum atomic E-state index is -5.27. The zero-order valence-corrected chi connectivity index (χ0v) is 38.9. The summed E-state index contributed by atoms with van der Waals surface area (Å²) < 4.78 is 68.0. The molecule has 2 aliphatic rings. The number of carbonyl (C=O) groups excluding carboxylic acids is 5. The molecule has 2 fully saturated rings. The van der Waals surface area contributed by atoms with Gasteiger partial charge in [-0.3, -0.25) is 28.9 Å². The zero-order valence-electron chi connectivity index (χ0n) is 37.2. The second-order valence-corrected chi connectivity index (χ2v) is 18.5. The largest absolute Gasteiger partial charge is 0.475 e. The highest BCUT2D eigenvalue weighted by Crippen LogP contribution is 2.42. The molecule has 4 aromatic rings. The number of halogens is 4. The Morgan fingerprint density at radius 2 is 1.79 bits per heavy atom. The first-order valence-corrected chi connectivity index (χ1v) is 22.1. The monoisotopic (exact) mass is 965 g/mol. The number of thiocarbonyl (C=S) groups is 1. The SMILES string of the molecule is Cc1ncsc1-c1ccc(CNC(=O)C2CCCN2C(=O)[C@@H](NC(=O)COCCOc2ncc(N3C(=S)N(c4ccc(C#N)c(C(F)(F)F)c4F)C(=O)C3(C)C)cc2C(N)=O)C(C)(C)C)cc1. The van der Waals surface area contributed by atoms with E-state index in [1.807, 2.05) is 31.2 Å². The Balaban J connectivity index is 1.04. The van der Waals surface area contributed by atoms with Gasteiger partial charge in [0.1, 0.15) is 42.0 Å². The van der Waals surface area contributed by atoms with Gasteiger partial charge in [0.25, 0.3) is 11.8 Å². The molecule has 5 amide bonds. The molecule has 2 atom stereocenters. The number of rotatable bonds is 15. The molecule has 2 saturated heterocycles. The highest BCUT2D eigenvalue weighted by atomic mass is 32.1. The number of likely N-dealkylation sites (tertiary alicyclic amines) is 1. The quantitative estimate of drug-likeness (QED) is 0.0734. The molecule has 354 valence electrons. The van der Waals surface area contributed by atoms with Crippen LogP contribution in [0.3, 0.4) is 0 Å². The fourth-order valence-electron chi connectivity index (χ4n) is 7.75. The third-order valence-corrected chi connectivity index (χ3v) is 12.5. The summed E-state index contributed by atoms with van der Waals surface area (Å²) in [5, 5.41) is 14.4. The molecule has 0 radical (unpaired) electrons. The highest BCUT2D eigenvalue weighted by molar-refractivity contribution is 7.81. The van der Waals surface area contributed by atoms with Crippen LogP contribution in [0.25, 0.3) is 10.4 Å². The maximum Gasteiger partial charge on any atom is 0.420 e. The van der Waals surface area contributed by atoms with Crippen molar-refractivity contribution >= 4 is 69.6 Å². The Morgan fingerprint density at radius 3 is 2.40 bits per heavy atom. The van der Waals surface area contributed by atoms with Gasteiger partial charge in [0.2, 0.25) is 23.6 Å². The fraction of sp³-hybridized carbons (Fsp3) is 0.400. The van der Waals surface area contributed by atoms with Gasteiger partial charge in [0.05, 0.1) is 51.9 Å². The molecule has 1 unspecified atom stereocenters. The predicted molar refractivity (Wildman–Crippen MR) is 242 cm³/mol. The van der Waals surface area contributed by atoms with Crippen molar-refractivity contribution in [3.8, 4) is 22.4 Å². The van der Waals surface area contributed by atoms with E-state index in [9.17, 15) is 42.4 Å². The van der Waals surface area contributed by atoms with Gasteiger partial charge in [-0.2, -0.15) is 18.4 Å². The lowest BCUT2D eigenvalue weighted by atomic mass is 9.85. The number of pyridine rings is 1. The van der Waals surface area contributed by atoms with Crippen LogP contribution in [0, 0.1) is 29.5 Å². The van der Waals surface area contributed by atoms with Crippen LogP contribution in [-0.2, 0) is 36.6 Å². The fourth-order valence-corrected chi connectivity index (χ4v) is 9.07. The van der Waals surface area contributed by atoms with E-state index in [0.717, 1.165) is 44.9 Å². The molecule has 2 aromatic heterocycles.